The van der Waals surface area contributed by atoms with E-state index in [1.165, 1.54) is 0 Å². The van der Waals surface area contributed by atoms with Gasteiger partial charge in [-0.05, 0) is 31.9 Å². The molecule has 122 valence electrons. The molecule has 1 aromatic carbocycles. The molecule has 1 amide bonds. The van der Waals surface area contributed by atoms with E-state index in [0.717, 1.165) is 23.1 Å². The molecule has 24 heavy (non-hydrogen) atoms. The molecule has 0 bridgehead atoms. The topological polar surface area (TPSA) is 68.0 Å². The van der Waals surface area contributed by atoms with Crippen LogP contribution in [-0.4, -0.2) is 22.6 Å². The fourth-order valence-electron chi connectivity index (χ4n) is 2.49. The summed E-state index contributed by atoms with van der Waals surface area (Å²) in [6.45, 7) is 4.32. The summed E-state index contributed by atoms with van der Waals surface area (Å²) in [4.78, 5) is 16.6. The molecule has 5 nitrogen and oxygen atoms in total. The van der Waals surface area contributed by atoms with Crippen LogP contribution in [-0.2, 0) is 6.42 Å². The minimum absolute atomic E-state index is 0.173. The Kier molecular flexibility index (Phi) is 4.70. The summed E-state index contributed by atoms with van der Waals surface area (Å²) in [5.74, 6) is 0.333. The Labute approximate surface area is 140 Å². The van der Waals surface area contributed by atoms with Crippen LogP contribution < -0.4 is 5.32 Å². The lowest BCUT2D eigenvalue weighted by molar-refractivity contribution is 0.0954. The van der Waals surface area contributed by atoms with Gasteiger partial charge in [-0.1, -0.05) is 41.1 Å². The number of aryl methyl sites for hydroxylation is 2. The van der Waals surface area contributed by atoms with Gasteiger partial charge in [0.15, 0.2) is 5.76 Å². The molecule has 0 saturated carbocycles. The Bertz CT molecular complexity index is 824. The van der Waals surface area contributed by atoms with E-state index in [9.17, 15) is 4.79 Å². The van der Waals surface area contributed by atoms with Gasteiger partial charge in [0.05, 0.1) is 5.69 Å². The van der Waals surface area contributed by atoms with E-state index in [-0.39, 0.29) is 5.91 Å². The Balaban J connectivity index is 1.73. The van der Waals surface area contributed by atoms with Crippen LogP contribution in [0.3, 0.4) is 0 Å². The predicted octanol–water partition coefficient (Wildman–Crippen LogP) is 3.33. The highest BCUT2D eigenvalue weighted by molar-refractivity contribution is 6.00. The first-order chi connectivity index (χ1) is 11.6. The molecule has 3 aromatic rings. The summed E-state index contributed by atoms with van der Waals surface area (Å²) in [6, 6.07) is 11.7. The highest BCUT2D eigenvalue weighted by Crippen LogP contribution is 2.26. The van der Waals surface area contributed by atoms with Crippen LogP contribution in [0.2, 0.25) is 0 Å². The fraction of sp³-hybridized carbons (Fsp3) is 0.211. The van der Waals surface area contributed by atoms with Crippen molar-refractivity contribution in [2.24, 2.45) is 0 Å². The van der Waals surface area contributed by atoms with Gasteiger partial charge >= 0.3 is 0 Å². The second kappa shape index (κ2) is 7.08. The summed E-state index contributed by atoms with van der Waals surface area (Å²) in [5, 5.41) is 6.89. The minimum atomic E-state index is -0.173. The van der Waals surface area contributed by atoms with Gasteiger partial charge < -0.3 is 9.84 Å². The van der Waals surface area contributed by atoms with Crippen molar-refractivity contribution in [3.8, 4) is 11.3 Å². The third-order valence-corrected chi connectivity index (χ3v) is 3.83. The van der Waals surface area contributed by atoms with Crippen molar-refractivity contribution < 1.29 is 9.32 Å². The van der Waals surface area contributed by atoms with Crippen LogP contribution in [0.25, 0.3) is 11.3 Å². The lowest BCUT2D eigenvalue weighted by atomic mass is 10.0. The molecule has 5 heteroatoms. The van der Waals surface area contributed by atoms with Crippen LogP contribution in [0.15, 0.2) is 53.3 Å². The van der Waals surface area contributed by atoms with Gasteiger partial charge in [-0.25, -0.2) is 0 Å². The third-order valence-electron chi connectivity index (χ3n) is 3.83. The van der Waals surface area contributed by atoms with Crippen LogP contribution >= 0.6 is 0 Å². The lowest BCUT2D eigenvalue weighted by Crippen LogP contribution is -2.26. The van der Waals surface area contributed by atoms with Crippen molar-refractivity contribution in [2.45, 2.75) is 20.3 Å². The third kappa shape index (κ3) is 3.51. The second-order valence-electron chi connectivity index (χ2n) is 5.71. The number of aromatic nitrogens is 2. The summed E-state index contributed by atoms with van der Waals surface area (Å²) in [5.41, 5.74) is 4.16. The van der Waals surface area contributed by atoms with E-state index in [0.29, 0.717) is 23.6 Å². The Morgan fingerprint density at radius 2 is 1.96 bits per heavy atom. The van der Waals surface area contributed by atoms with Gasteiger partial charge in [0.1, 0.15) is 5.56 Å². The number of hydrogen-bond donors (Lipinski definition) is 1. The number of carbonyl (C=O) groups is 1. The molecule has 3 rings (SSSR count). The number of nitrogens with one attached hydrogen (secondary N) is 1. The smallest absolute Gasteiger partial charge is 0.257 e. The molecule has 0 atom stereocenters. The number of benzene rings is 1. The molecule has 0 spiro atoms. The minimum Gasteiger partial charge on any atom is -0.355 e. The van der Waals surface area contributed by atoms with Gasteiger partial charge in [0, 0.05) is 24.5 Å². The summed E-state index contributed by atoms with van der Waals surface area (Å²) >= 11 is 0. The van der Waals surface area contributed by atoms with E-state index in [1.807, 2.05) is 43.3 Å². The normalized spacial score (nSPS) is 10.6. The summed E-state index contributed by atoms with van der Waals surface area (Å²) in [7, 11) is 0. The Morgan fingerprint density at radius 1 is 1.17 bits per heavy atom. The zero-order valence-corrected chi connectivity index (χ0v) is 13.7. The molecule has 1 N–H and O–H groups in total. The molecule has 0 unspecified atom stereocenters. The molecule has 0 aliphatic carbocycles. The number of hydrogen-bond acceptors (Lipinski definition) is 4. The average Bonchev–Trinajstić information content (AvgIpc) is 2.98. The fourth-order valence-corrected chi connectivity index (χ4v) is 2.49. The quantitative estimate of drug-likeness (QED) is 0.782. The molecule has 2 heterocycles. The molecule has 0 fully saturated rings. The SMILES string of the molecule is Cc1ccc(-c2onc(C)c2C(=O)NCCc2cccnc2)cc1. The van der Waals surface area contributed by atoms with Gasteiger partial charge in [0.2, 0.25) is 0 Å². The van der Waals surface area contributed by atoms with E-state index in [1.54, 1.807) is 19.3 Å². The van der Waals surface area contributed by atoms with E-state index in [2.05, 4.69) is 15.5 Å². The zero-order chi connectivity index (χ0) is 16.9. The Hall–Kier alpha value is -2.95. The number of amides is 1. The molecular weight excluding hydrogens is 302 g/mol. The van der Waals surface area contributed by atoms with Gasteiger partial charge in [-0.2, -0.15) is 0 Å². The monoisotopic (exact) mass is 321 g/mol. The molecule has 0 radical (unpaired) electrons. The number of nitrogens with zero attached hydrogens (tertiary/aromatic N) is 2. The van der Waals surface area contributed by atoms with Crippen molar-refractivity contribution in [1.29, 1.82) is 0 Å². The zero-order valence-electron chi connectivity index (χ0n) is 13.7. The summed E-state index contributed by atoms with van der Waals surface area (Å²) < 4.78 is 5.39. The first kappa shape index (κ1) is 15.9. The van der Waals surface area contributed by atoms with Crippen LogP contribution in [0.4, 0.5) is 0 Å². The van der Waals surface area contributed by atoms with E-state index < -0.39 is 0 Å². The number of pyridine rings is 1. The predicted molar refractivity (Wildman–Crippen MR) is 91.7 cm³/mol. The molecule has 0 aliphatic heterocycles. The maximum Gasteiger partial charge on any atom is 0.257 e. The highest BCUT2D eigenvalue weighted by atomic mass is 16.5. The molecule has 2 aromatic heterocycles. The largest absolute Gasteiger partial charge is 0.355 e. The van der Waals surface area contributed by atoms with Crippen LogP contribution in [0, 0.1) is 13.8 Å². The maximum absolute atomic E-state index is 12.6. The number of carbonyl (C=O) groups excluding carboxylic acids is 1. The molecule has 0 saturated heterocycles. The first-order valence-electron chi connectivity index (χ1n) is 7.85. The van der Waals surface area contributed by atoms with Crippen LogP contribution in [0.5, 0.6) is 0 Å². The highest BCUT2D eigenvalue weighted by Gasteiger charge is 2.21. The maximum atomic E-state index is 12.6. The van der Waals surface area contributed by atoms with Gasteiger partial charge in [0.25, 0.3) is 5.91 Å². The molecule has 0 aliphatic rings. The standard InChI is InChI=1S/C19H19N3O2/c1-13-5-7-16(8-6-13)18-17(14(2)22-24-18)19(23)21-11-9-15-4-3-10-20-12-15/h3-8,10,12H,9,11H2,1-2H3,(H,21,23). The van der Waals surface area contributed by atoms with Crippen molar-refractivity contribution >= 4 is 5.91 Å². The lowest BCUT2D eigenvalue weighted by Gasteiger charge is -2.06. The van der Waals surface area contributed by atoms with E-state index >= 15 is 0 Å². The van der Waals surface area contributed by atoms with E-state index in [4.69, 9.17) is 4.52 Å². The van der Waals surface area contributed by atoms with Gasteiger partial charge in [-0.15, -0.1) is 0 Å². The number of rotatable bonds is 5. The second-order valence-corrected chi connectivity index (χ2v) is 5.71. The van der Waals surface area contributed by atoms with Crippen molar-refractivity contribution in [1.82, 2.24) is 15.5 Å². The van der Waals surface area contributed by atoms with Crippen molar-refractivity contribution in [2.75, 3.05) is 6.54 Å². The van der Waals surface area contributed by atoms with Crippen LogP contribution in [0.1, 0.15) is 27.2 Å². The van der Waals surface area contributed by atoms with Crippen molar-refractivity contribution in [3.63, 3.8) is 0 Å². The molecular formula is C19H19N3O2. The first-order valence-corrected chi connectivity index (χ1v) is 7.85. The van der Waals surface area contributed by atoms with Gasteiger partial charge in [-0.3, -0.25) is 9.78 Å². The summed E-state index contributed by atoms with van der Waals surface area (Å²) in [6.07, 6.45) is 4.26. The van der Waals surface area contributed by atoms with Crippen molar-refractivity contribution in [3.05, 3.63) is 71.2 Å². The average molecular weight is 321 g/mol. The Morgan fingerprint density at radius 3 is 2.67 bits per heavy atom.